The predicted molar refractivity (Wildman–Crippen MR) is 133 cm³/mol. The van der Waals surface area contributed by atoms with Crippen molar-refractivity contribution < 1.29 is 4.79 Å². The number of amides is 1. The first-order chi connectivity index (χ1) is 16.7. The second-order valence-electron chi connectivity index (χ2n) is 8.69. The predicted octanol–water partition coefficient (Wildman–Crippen LogP) is 4.28. The van der Waals surface area contributed by atoms with Gasteiger partial charge in [0.25, 0.3) is 5.56 Å². The minimum atomic E-state index is -0.0502. The Bertz CT molecular complexity index is 1370. The fourth-order valence-corrected chi connectivity index (χ4v) is 5.52. The maximum absolute atomic E-state index is 13.1. The van der Waals surface area contributed by atoms with Crippen molar-refractivity contribution in [1.29, 1.82) is 0 Å². The largest absolute Gasteiger partial charge is 0.311 e. The van der Waals surface area contributed by atoms with Crippen molar-refractivity contribution in [3.8, 4) is 0 Å². The molecule has 1 aliphatic carbocycles. The molecule has 0 aliphatic heterocycles. The molecule has 0 atom stereocenters. The number of hydrogen-bond acceptors (Lipinski definition) is 6. The van der Waals surface area contributed by atoms with Crippen LogP contribution in [0.1, 0.15) is 57.9 Å². The number of aromatic nitrogens is 6. The number of nitrogens with zero attached hydrogens (tertiary/aromatic N) is 6. The number of aryl methyl sites for hydroxylation is 1. The summed E-state index contributed by atoms with van der Waals surface area (Å²) in [5, 5.41) is 17.5. The average Bonchev–Trinajstić information content (AvgIpc) is 3.60. The molecular weight excluding hydrogens is 450 g/mol. The van der Waals surface area contributed by atoms with Gasteiger partial charge in [-0.2, -0.15) is 5.10 Å². The first kappa shape index (κ1) is 22.6. The molecule has 1 saturated carbocycles. The molecule has 4 aromatic rings. The molecule has 0 bridgehead atoms. The first-order valence-corrected chi connectivity index (χ1v) is 13.0. The highest BCUT2D eigenvalue weighted by Gasteiger charge is 2.21. The van der Waals surface area contributed by atoms with Crippen LogP contribution in [0.3, 0.4) is 0 Å². The lowest BCUT2D eigenvalue weighted by Crippen LogP contribution is -2.23. The minimum absolute atomic E-state index is 0.0428. The SMILES string of the molecule is CCCCn1c(=O)c2ccccc2n2c(SCCC(=O)Nc3ccnn3C3CCCC3)nnc12. The van der Waals surface area contributed by atoms with Gasteiger partial charge in [-0.05, 0) is 31.4 Å². The fourth-order valence-electron chi connectivity index (χ4n) is 4.64. The van der Waals surface area contributed by atoms with Gasteiger partial charge in [0, 0.05) is 24.8 Å². The molecule has 10 heteroatoms. The van der Waals surface area contributed by atoms with Gasteiger partial charge in [0.1, 0.15) is 5.82 Å². The second-order valence-corrected chi connectivity index (χ2v) is 9.75. The highest BCUT2D eigenvalue weighted by atomic mass is 32.2. The van der Waals surface area contributed by atoms with E-state index in [1.807, 2.05) is 39.4 Å². The first-order valence-electron chi connectivity index (χ1n) is 12.0. The molecule has 1 aromatic carbocycles. The Morgan fingerprint density at radius 2 is 2.00 bits per heavy atom. The van der Waals surface area contributed by atoms with Gasteiger partial charge in [-0.3, -0.25) is 18.6 Å². The van der Waals surface area contributed by atoms with Crippen LogP contribution in [0.25, 0.3) is 16.7 Å². The van der Waals surface area contributed by atoms with Crippen LogP contribution in [0.2, 0.25) is 0 Å². The van der Waals surface area contributed by atoms with E-state index in [2.05, 4.69) is 27.5 Å². The highest BCUT2D eigenvalue weighted by molar-refractivity contribution is 7.99. The third-order valence-corrected chi connectivity index (χ3v) is 7.31. The molecule has 178 valence electrons. The summed E-state index contributed by atoms with van der Waals surface area (Å²) in [6.07, 6.45) is 8.59. The molecule has 1 aliphatic rings. The molecule has 0 unspecified atom stereocenters. The van der Waals surface area contributed by atoms with E-state index in [4.69, 9.17) is 0 Å². The van der Waals surface area contributed by atoms with Crippen LogP contribution < -0.4 is 10.9 Å². The summed E-state index contributed by atoms with van der Waals surface area (Å²) in [5.41, 5.74) is 0.742. The van der Waals surface area contributed by atoms with Gasteiger partial charge in [-0.25, -0.2) is 4.68 Å². The number of rotatable bonds is 9. The maximum Gasteiger partial charge on any atom is 0.262 e. The number of para-hydroxylation sites is 1. The van der Waals surface area contributed by atoms with E-state index in [1.54, 1.807) is 10.8 Å². The maximum atomic E-state index is 13.1. The Morgan fingerprint density at radius 1 is 1.18 bits per heavy atom. The lowest BCUT2D eigenvalue weighted by Gasteiger charge is -2.14. The molecule has 34 heavy (non-hydrogen) atoms. The van der Waals surface area contributed by atoms with E-state index in [0.29, 0.717) is 41.1 Å². The summed E-state index contributed by atoms with van der Waals surface area (Å²) in [4.78, 5) is 25.7. The standard InChI is InChI=1S/C24H29N7O2S/c1-2-3-15-29-22(33)18-10-6-7-11-19(18)30-23(29)27-28-24(30)34-16-13-21(32)26-20-12-14-25-31(20)17-8-4-5-9-17/h6-7,10-12,14,17H,2-5,8-9,13,15-16H2,1H3,(H,26,32). The summed E-state index contributed by atoms with van der Waals surface area (Å²) in [6.45, 7) is 2.70. The monoisotopic (exact) mass is 479 g/mol. The molecule has 0 spiro atoms. The smallest absolute Gasteiger partial charge is 0.262 e. The Hall–Kier alpha value is -3.14. The molecule has 1 amide bonds. The van der Waals surface area contributed by atoms with Crippen LogP contribution in [-0.2, 0) is 11.3 Å². The summed E-state index contributed by atoms with van der Waals surface area (Å²) in [6, 6.07) is 9.77. The van der Waals surface area contributed by atoms with Crippen molar-refractivity contribution in [2.24, 2.45) is 0 Å². The van der Waals surface area contributed by atoms with Gasteiger partial charge in [-0.15, -0.1) is 10.2 Å². The Morgan fingerprint density at radius 3 is 2.82 bits per heavy atom. The second kappa shape index (κ2) is 10.0. The summed E-state index contributed by atoms with van der Waals surface area (Å²) in [5.74, 6) is 1.81. The molecule has 3 heterocycles. The molecule has 0 radical (unpaired) electrons. The van der Waals surface area contributed by atoms with E-state index < -0.39 is 0 Å². The third-order valence-electron chi connectivity index (χ3n) is 6.38. The lowest BCUT2D eigenvalue weighted by atomic mass is 10.2. The highest BCUT2D eigenvalue weighted by Crippen LogP contribution is 2.31. The van der Waals surface area contributed by atoms with Crippen molar-refractivity contribution in [2.75, 3.05) is 11.1 Å². The van der Waals surface area contributed by atoms with E-state index in [1.165, 1.54) is 24.6 Å². The van der Waals surface area contributed by atoms with Gasteiger partial charge in [0.2, 0.25) is 11.7 Å². The third kappa shape index (κ3) is 4.34. The Balaban J connectivity index is 1.32. The average molecular weight is 480 g/mol. The number of thioether (sulfide) groups is 1. The normalized spacial score (nSPS) is 14.4. The minimum Gasteiger partial charge on any atom is -0.311 e. The van der Waals surface area contributed by atoms with Crippen LogP contribution in [0.4, 0.5) is 5.82 Å². The zero-order valence-electron chi connectivity index (χ0n) is 19.3. The Labute approximate surface area is 201 Å². The van der Waals surface area contributed by atoms with Gasteiger partial charge < -0.3 is 5.32 Å². The molecule has 1 N–H and O–H groups in total. The van der Waals surface area contributed by atoms with E-state index in [9.17, 15) is 9.59 Å². The number of anilines is 1. The number of nitrogens with one attached hydrogen (secondary N) is 1. The molecule has 0 saturated heterocycles. The fraction of sp³-hybridized carbons (Fsp3) is 0.458. The summed E-state index contributed by atoms with van der Waals surface area (Å²) < 4.78 is 5.59. The van der Waals surface area contributed by atoms with E-state index in [0.717, 1.165) is 37.0 Å². The lowest BCUT2D eigenvalue weighted by molar-refractivity contribution is -0.115. The van der Waals surface area contributed by atoms with E-state index >= 15 is 0 Å². The number of unbranched alkanes of at least 4 members (excludes halogenated alkanes) is 1. The van der Waals surface area contributed by atoms with Crippen LogP contribution >= 0.6 is 11.8 Å². The van der Waals surface area contributed by atoms with Crippen LogP contribution in [0.5, 0.6) is 0 Å². The zero-order valence-corrected chi connectivity index (χ0v) is 20.1. The number of carbonyl (C=O) groups excluding carboxylic acids is 1. The van der Waals surface area contributed by atoms with Gasteiger partial charge in [0.15, 0.2) is 5.16 Å². The van der Waals surface area contributed by atoms with Crippen molar-refractivity contribution >= 4 is 40.2 Å². The quantitative estimate of drug-likeness (QED) is 0.360. The molecule has 9 nitrogen and oxygen atoms in total. The van der Waals surface area contributed by atoms with Crippen molar-refractivity contribution in [2.45, 2.75) is 69.6 Å². The van der Waals surface area contributed by atoms with Crippen LogP contribution in [-0.4, -0.2) is 40.6 Å². The zero-order chi connectivity index (χ0) is 23.5. The molecule has 5 rings (SSSR count). The number of hydrogen-bond donors (Lipinski definition) is 1. The van der Waals surface area contributed by atoms with Crippen LogP contribution in [0, 0.1) is 0 Å². The summed E-state index contributed by atoms with van der Waals surface area (Å²) in [7, 11) is 0. The topological polar surface area (TPSA) is 99.1 Å². The molecule has 1 fully saturated rings. The number of carbonyl (C=O) groups is 1. The van der Waals surface area contributed by atoms with Crippen molar-refractivity contribution in [1.82, 2.24) is 28.9 Å². The van der Waals surface area contributed by atoms with Crippen molar-refractivity contribution in [3.63, 3.8) is 0 Å². The van der Waals surface area contributed by atoms with Gasteiger partial charge >= 0.3 is 0 Å². The summed E-state index contributed by atoms with van der Waals surface area (Å²) >= 11 is 1.47. The number of fused-ring (bicyclic) bond motifs is 3. The Kier molecular flexibility index (Phi) is 6.66. The molecule has 3 aromatic heterocycles. The van der Waals surface area contributed by atoms with E-state index in [-0.39, 0.29) is 11.5 Å². The van der Waals surface area contributed by atoms with Crippen LogP contribution in [0.15, 0.2) is 46.5 Å². The number of benzene rings is 1. The van der Waals surface area contributed by atoms with Gasteiger partial charge in [0.05, 0.1) is 23.1 Å². The van der Waals surface area contributed by atoms with Gasteiger partial charge in [-0.1, -0.05) is 50.1 Å². The molecular formula is C24H29N7O2S. The van der Waals surface area contributed by atoms with Crippen molar-refractivity contribution in [3.05, 3.63) is 46.9 Å².